The number of ether oxygens (including phenoxy) is 2. The molecule has 9 heteroatoms. The van der Waals surface area contributed by atoms with Crippen molar-refractivity contribution in [2.24, 2.45) is 0 Å². The summed E-state index contributed by atoms with van der Waals surface area (Å²) in [6.45, 7) is 3.23. The van der Waals surface area contributed by atoms with Gasteiger partial charge in [-0.1, -0.05) is 17.3 Å². The summed E-state index contributed by atoms with van der Waals surface area (Å²) in [5.74, 6) is 0. The van der Waals surface area contributed by atoms with E-state index in [1.54, 1.807) is 9.69 Å². The minimum atomic E-state index is 0.477. The van der Waals surface area contributed by atoms with E-state index >= 15 is 0 Å². The molecule has 0 saturated heterocycles. The number of hydrogen-bond donors (Lipinski definition) is 2. The molecule has 0 aliphatic carbocycles. The predicted octanol–water partition coefficient (Wildman–Crippen LogP) is 0.558. The van der Waals surface area contributed by atoms with E-state index in [4.69, 9.17) is 20.0 Å². The Morgan fingerprint density at radius 3 is 2.44 bits per heavy atom. The van der Waals surface area contributed by atoms with Gasteiger partial charge >= 0.3 is 0 Å². The van der Waals surface area contributed by atoms with Crippen molar-refractivity contribution < 1.29 is 14.3 Å². The normalized spacial score (nSPS) is 11.3. The molecule has 1 heterocycles. The van der Waals surface area contributed by atoms with E-state index in [1.165, 1.54) is 0 Å². The number of anilines is 1. The van der Waals surface area contributed by atoms with E-state index in [1.807, 2.05) is 44.6 Å². The fraction of sp³-hybridized carbons (Fsp3) is 0.500. The van der Waals surface area contributed by atoms with Gasteiger partial charge in [0.1, 0.15) is 5.69 Å². The van der Waals surface area contributed by atoms with Crippen molar-refractivity contribution >= 4 is 5.69 Å². The Balaban J connectivity index is 1.53. The molecule has 1 aromatic carbocycles. The van der Waals surface area contributed by atoms with Gasteiger partial charge in [0.05, 0.1) is 45.8 Å². The highest BCUT2D eigenvalue weighted by molar-refractivity contribution is 5.60. The summed E-state index contributed by atoms with van der Waals surface area (Å²) in [5.41, 5.74) is 10.9. The van der Waals surface area contributed by atoms with Crippen LogP contribution in [0.25, 0.3) is 11.3 Å². The van der Waals surface area contributed by atoms with Gasteiger partial charge in [-0.05, 0) is 12.1 Å². The van der Waals surface area contributed by atoms with Crippen LogP contribution in [-0.2, 0) is 20.9 Å². The quantitative estimate of drug-likeness (QED) is 0.325. The summed E-state index contributed by atoms with van der Waals surface area (Å²) in [7, 11) is 3.70. The molecule has 0 spiro atoms. The van der Waals surface area contributed by atoms with Gasteiger partial charge in [-0.25, -0.2) is 9.69 Å². The molecule has 0 aliphatic heterocycles. The summed E-state index contributed by atoms with van der Waals surface area (Å²) < 4.78 is 12.7. The van der Waals surface area contributed by atoms with E-state index in [0.29, 0.717) is 39.6 Å². The predicted molar refractivity (Wildman–Crippen MR) is 94.3 cm³/mol. The molecule has 0 amide bonds. The summed E-state index contributed by atoms with van der Waals surface area (Å²) in [6.07, 6.45) is 1.89. The highest BCUT2D eigenvalue weighted by atomic mass is 16.7. The van der Waals surface area contributed by atoms with E-state index in [0.717, 1.165) is 16.9 Å². The molecule has 138 valence electrons. The maximum atomic E-state index is 5.68. The van der Waals surface area contributed by atoms with Crippen LogP contribution in [0.3, 0.4) is 0 Å². The molecule has 3 N–H and O–H groups in total. The van der Waals surface area contributed by atoms with Crippen molar-refractivity contribution in [2.45, 2.75) is 6.54 Å². The van der Waals surface area contributed by atoms with Gasteiger partial charge < -0.3 is 15.2 Å². The Hall–Kier alpha value is -2.04. The van der Waals surface area contributed by atoms with Crippen molar-refractivity contribution in [3.63, 3.8) is 0 Å². The molecule has 0 radical (unpaired) electrons. The number of benzene rings is 1. The third kappa shape index (κ3) is 7.59. The van der Waals surface area contributed by atoms with E-state index < -0.39 is 0 Å². The summed E-state index contributed by atoms with van der Waals surface area (Å²) in [5, 5.41) is 9.96. The average molecular weight is 350 g/mol. The minimum absolute atomic E-state index is 0.477. The molecule has 0 aliphatic rings. The van der Waals surface area contributed by atoms with Crippen LogP contribution < -0.4 is 11.3 Å². The highest BCUT2D eigenvalue weighted by Crippen LogP contribution is 2.17. The zero-order chi connectivity index (χ0) is 17.9. The number of nitrogens with one attached hydrogen (secondary N) is 1. The second-order valence-corrected chi connectivity index (χ2v) is 5.55. The van der Waals surface area contributed by atoms with Crippen LogP contribution in [0.4, 0.5) is 5.69 Å². The average Bonchev–Trinajstić information content (AvgIpc) is 3.06. The molecular weight excluding hydrogens is 324 g/mol. The Morgan fingerprint density at radius 1 is 1.04 bits per heavy atom. The van der Waals surface area contributed by atoms with Gasteiger partial charge in [-0.3, -0.25) is 4.84 Å². The van der Waals surface area contributed by atoms with Gasteiger partial charge in [-0.2, -0.15) is 0 Å². The molecule has 0 atom stereocenters. The minimum Gasteiger partial charge on any atom is -0.399 e. The molecule has 9 nitrogen and oxygen atoms in total. The van der Waals surface area contributed by atoms with Crippen LogP contribution in [0, 0.1) is 0 Å². The molecule has 1 aromatic heterocycles. The van der Waals surface area contributed by atoms with Gasteiger partial charge in [-0.15, -0.1) is 10.7 Å². The lowest BCUT2D eigenvalue weighted by molar-refractivity contribution is -0.0816. The number of nitrogen functional groups attached to an aromatic ring is 1. The number of aromatic nitrogens is 3. The second kappa shape index (κ2) is 10.7. The maximum Gasteiger partial charge on any atom is 0.113 e. The SMILES string of the molecule is CN(C)NOCCOCCOCCn1cc(-c2ccc(N)cc2)nn1. The van der Waals surface area contributed by atoms with Crippen LogP contribution in [0.15, 0.2) is 30.5 Å². The largest absolute Gasteiger partial charge is 0.399 e. The van der Waals surface area contributed by atoms with Crippen LogP contribution in [-0.4, -0.2) is 67.1 Å². The number of nitrogens with two attached hydrogens (primary N) is 1. The van der Waals surface area contributed by atoms with E-state index in [9.17, 15) is 0 Å². The lowest BCUT2D eigenvalue weighted by Gasteiger charge is -2.11. The van der Waals surface area contributed by atoms with Crippen LogP contribution in [0.2, 0.25) is 0 Å². The Morgan fingerprint density at radius 2 is 1.72 bits per heavy atom. The molecular formula is C16H26N6O3. The number of nitrogens with zero attached hydrogens (tertiary/aromatic N) is 4. The Bertz CT molecular complexity index is 602. The van der Waals surface area contributed by atoms with E-state index in [-0.39, 0.29) is 0 Å². The fourth-order valence-electron chi connectivity index (χ4n) is 1.95. The van der Waals surface area contributed by atoms with Crippen LogP contribution >= 0.6 is 0 Å². The Kier molecular flexibility index (Phi) is 8.29. The number of rotatable bonds is 12. The molecule has 0 bridgehead atoms. The van der Waals surface area contributed by atoms with Crippen molar-refractivity contribution in [1.82, 2.24) is 25.6 Å². The van der Waals surface area contributed by atoms with Crippen LogP contribution in [0.1, 0.15) is 0 Å². The van der Waals surface area contributed by atoms with Crippen molar-refractivity contribution in [3.8, 4) is 11.3 Å². The van der Waals surface area contributed by atoms with E-state index in [2.05, 4.69) is 15.9 Å². The molecule has 0 fully saturated rings. The highest BCUT2D eigenvalue weighted by Gasteiger charge is 2.03. The lowest BCUT2D eigenvalue weighted by atomic mass is 10.1. The summed E-state index contributed by atoms with van der Waals surface area (Å²) >= 11 is 0. The smallest absolute Gasteiger partial charge is 0.113 e. The van der Waals surface area contributed by atoms with Gasteiger partial charge in [0.15, 0.2) is 0 Å². The zero-order valence-corrected chi connectivity index (χ0v) is 14.7. The van der Waals surface area contributed by atoms with Crippen LogP contribution in [0.5, 0.6) is 0 Å². The fourth-order valence-corrected chi connectivity index (χ4v) is 1.95. The Labute approximate surface area is 147 Å². The first-order valence-corrected chi connectivity index (χ1v) is 8.11. The zero-order valence-electron chi connectivity index (χ0n) is 14.7. The molecule has 0 saturated carbocycles. The number of hydrogen-bond acceptors (Lipinski definition) is 8. The first-order chi connectivity index (χ1) is 12.1. The lowest BCUT2D eigenvalue weighted by Crippen LogP contribution is -2.31. The van der Waals surface area contributed by atoms with Gasteiger partial charge in [0.25, 0.3) is 0 Å². The topological polar surface area (TPSA) is 99.7 Å². The third-order valence-electron chi connectivity index (χ3n) is 3.16. The summed E-state index contributed by atoms with van der Waals surface area (Å²) in [6, 6.07) is 7.54. The van der Waals surface area contributed by atoms with Crippen molar-refractivity contribution in [1.29, 1.82) is 0 Å². The standard InChI is InChI=1S/C16H26N6O3/c1-21(2)20-25-12-11-24-10-9-23-8-7-22-13-16(18-19-22)14-3-5-15(17)6-4-14/h3-6,13,20H,7-12,17H2,1-2H3. The van der Waals surface area contributed by atoms with Crippen molar-refractivity contribution in [3.05, 3.63) is 30.5 Å². The first kappa shape index (κ1) is 19.3. The number of hydrazine groups is 1. The molecule has 25 heavy (non-hydrogen) atoms. The van der Waals surface area contributed by atoms with Gasteiger partial charge in [0.2, 0.25) is 0 Å². The molecule has 2 rings (SSSR count). The van der Waals surface area contributed by atoms with Crippen molar-refractivity contribution in [2.75, 3.05) is 52.9 Å². The molecule has 2 aromatic rings. The second-order valence-electron chi connectivity index (χ2n) is 5.55. The molecule has 0 unspecified atom stereocenters. The monoisotopic (exact) mass is 350 g/mol. The maximum absolute atomic E-state index is 5.68. The first-order valence-electron chi connectivity index (χ1n) is 8.11. The summed E-state index contributed by atoms with van der Waals surface area (Å²) in [4.78, 5) is 5.11. The van der Waals surface area contributed by atoms with Gasteiger partial charge in [0, 0.05) is 25.3 Å². The third-order valence-corrected chi connectivity index (χ3v) is 3.16.